The molecule has 1 aromatic carbocycles. The predicted octanol–water partition coefficient (Wildman–Crippen LogP) is 4.13. The van der Waals surface area contributed by atoms with Gasteiger partial charge in [-0.05, 0) is 43.7 Å². The number of nitrogens with zero attached hydrogens (tertiary/aromatic N) is 1. The highest BCUT2D eigenvalue weighted by Crippen LogP contribution is 2.45. The Labute approximate surface area is 116 Å². The van der Waals surface area contributed by atoms with Crippen LogP contribution < -0.4 is 10.2 Å². The van der Waals surface area contributed by atoms with Crippen LogP contribution in [0.2, 0.25) is 0 Å². The summed E-state index contributed by atoms with van der Waals surface area (Å²) in [7, 11) is 0. The van der Waals surface area contributed by atoms with Gasteiger partial charge in [-0.25, -0.2) is 0 Å². The van der Waals surface area contributed by atoms with Crippen molar-refractivity contribution in [3.05, 3.63) is 23.8 Å². The van der Waals surface area contributed by atoms with E-state index >= 15 is 0 Å². The standard InChI is InChI=1S/C17H24N2/c1-2-5-14(6-3-1)19-12-10-13-9-11-18-15-7-4-8-16(19)17(13)15/h4,7-8,13-14,18H,1-3,5-6,9-12H2. The Morgan fingerprint density at radius 2 is 1.89 bits per heavy atom. The maximum Gasteiger partial charge on any atom is 0.0424 e. The zero-order chi connectivity index (χ0) is 12.7. The summed E-state index contributed by atoms with van der Waals surface area (Å²) in [4.78, 5) is 2.74. The first kappa shape index (κ1) is 11.6. The normalized spacial score (nSPS) is 26.7. The van der Waals surface area contributed by atoms with E-state index in [1.807, 2.05) is 0 Å². The first-order valence-electron chi connectivity index (χ1n) is 8.07. The van der Waals surface area contributed by atoms with Gasteiger partial charge in [-0.15, -0.1) is 0 Å². The van der Waals surface area contributed by atoms with E-state index in [0.717, 1.165) is 18.5 Å². The van der Waals surface area contributed by atoms with E-state index in [4.69, 9.17) is 0 Å². The van der Waals surface area contributed by atoms with E-state index in [9.17, 15) is 0 Å². The molecule has 0 saturated heterocycles. The molecular formula is C17H24N2. The van der Waals surface area contributed by atoms with Crippen LogP contribution in [-0.2, 0) is 0 Å². The van der Waals surface area contributed by atoms with Gasteiger partial charge >= 0.3 is 0 Å². The maximum atomic E-state index is 3.60. The number of hydrogen-bond donors (Lipinski definition) is 1. The van der Waals surface area contributed by atoms with Gasteiger partial charge in [0.2, 0.25) is 0 Å². The van der Waals surface area contributed by atoms with Gasteiger partial charge in [0.15, 0.2) is 0 Å². The van der Waals surface area contributed by atoms with Gasteiger partial charge in [0.25, 0.3) is 0 Å². The van der Waals surface area contributed by atoms with Crippen molar-refractivity contribution < 1.29 is 0 Å². The maximum absolute atomic E-state index is 3.60. The minimum atomic E-state index is 0.808. The van der Waals surface area contributed by atoms with Crippen molar-refractivity contribution >= 4 is 11.4 Å². The minimum Gasteiger partial charge on any atom is -0.385 e. The van der Waals surface area contributed by atoms with Crippen molar-refractivity contribution in [3.63, 3.8) is 0 Å². The van der Waals surface area contributed by atoms with Crippen LogP contribution in [0, 0.1) is 0 Å². The second-order valence-corrected chi connectivity index (χ2v) is 6.42. The fraction of sp³-hybridized carbons (Fsp3) is 0.647. The molecule has 2 aliphatic heterocycles. The van der Waals surface area contributed by atoms with Gasteiger partial charge in [0, 0.05) is 36.1 Å². The Kier molecular flexibility index (Phi) is 2.90. The molecule has 1 unspecified atom stereocenters. The number of hydrogen-bond acceptors (Lipinski definition) is 2. The summed E-state index contributed by atoms with van der Waals surface area (Å²) < 4.78 is 0. The topological polar surface area (TPSA) is 15.3 Å². The Morgan fingerprint density at radius 1 is 1.00 bits per heavy atom. The molecule has 0 spiro atoms. The summed E-state index contributed by atoms with van der Waals surface area (Å²) in [5.74, 6) is 0.812. The summed E-state index contributed by atoms with van der Waals surface area (Å²) in [6.45, 7) is 2.44. The van der Waals surface area contributed by atoms with Gasteiger partial charge in [0.05, 0.1) is 0 Å². The van der Waals surface area contributed by atoms with Gasteiger partial charge in [0.1, 0.15) is 0 Å². The summed E-state index contributed by atoms with van der Waals surface area (Å²) in [6, 6.07) is 7.69. The molecule has 1 fully saturated rings. The van der Waals surface area contributed by atoms with Gasteiger partial charge in [-0.3, -0.25) is 0 Å². The molecule has 19 heavy (non-hydrogen) atoms. The lowest BCUT2D eigenvalue weighted by Crippen LogP contribution is -2.42. The summed E-state index contributed by atoms with van der Waals surface area (Å²) >= 11 is 0. The summed E-state index contributed by atoms with van der Waals surface area (Å²) in [5.41, 5.74) is 4.59. The molecule has 0 bridgehead atoms. The smallest absolute Gasteiger partial charge is 0.0424 e. The van der Waals surface area contributed by atoms with Crippen LogP contribution in [-0.4, -0.2) is 19.1 Å². The lowest BCUT2D eigenvalue weighted by Gasteiger charge is -2.44. The molecule has 4 rings (SSSR count). The Hall–Kier alpha value is -1.18. The molecule has 1 aromatic rings. The molecular weight excluding hydrogens is 232 g/mol. The van der Waals surface area contributed by atoms with E-state index in [1.165, 1.54) is 57.2 Å². The molecule has 0 aromatic heterocycles. The second-order valence-electron chi connectivity index (χ2n) is 6.42. The highest BCUT2D eigenvalue weighted by molar-refractivity contribution is 5.71. The van der Waals surface area contributed by atoms with Crippen LogP contribution >= 0.6 is 0 Å². The third kappa shape index (κ3) is 1.92. The third-order valence-electron chi connectivity index (χ3n) is 5.34. The largest absolute Gasteiger partial charge is 0.385 e. The lowest BCUT2D eigenvalue weighted by atomic mass is 9.82. The second kappa shape index (κ2) is 4.73. The van der Waals surface area contributed by atoms with Crippen molar-refractivity contribution in [3.8, 4) is 0 Å². The summed E-state index contributed by atoms with van der Waals surface area (Å²) in [6.07, 6.45) is 9.80. The van der Waals surface area contributed by atoms with Crippen LogP contribution in [0.15, 0.2) is 18.2 Å². The van der Waals surface area contributed by atoms with Crippen LogP contribution in [0.1, 0.15) is 56.4 Å². The Bertz CT molecular complexity index is 462. The number of rotatable bonds is 1. The fourth-order valence-electron chi connectivity index (χ4n) is 4.39. The third-order valence-corrected chi connectivity index (χ3v) is 5.34. The Morgan fingerprint density at radius 3 is 2.79 bits per heavy atom. The first-order valence-corrected chi connectivity index (χ1v) is 8.07. The van der Waals surface area contributed by atoms with Crippen molar-refractivity contribution in [1.29, 1.82) is 0 Å². The van der Waals surface area contributed by atoms with Crippen molar-refractivity contribution in [1.82, 2.24) is 0 Å². The highest BCUT2D eigenvalue weighted by Gasteiger charge is 2.32. The average Bonchev–Trinajstić information content (AvgIpc) is 2.49. The molecule has 2 heterocycles. The van der Waals surface area contributed by atoms with Crippen molar-refractivity contribution in [2.45, 2.75) is 56.9 Å². The molecule has 2 heteroatoms. The quantitative estimate of drug-likeness (QED) is 0.812. The molecule has 0 radical (unpaired) electrons. The van der Waals surface area contributed by atoms with Crippen LogP contribution in [0.5, 0.6) is 0 Å². The molecule has 1 saturated carbocycles. The zero-order valence-electron chi connectivity index (χ0n) is 11.7. The number of benzene rings is 1. The van der Waals surface area contributed by atoms with Gasteiger partial charge in [-0.1, -0.05) is 25.3 Å². The Balaban J connectivity index is 1.72. The zero-order valence-corrected chi connectivity index (χ0v) is 11.7. The monoisotopic (exact) mass is 256 g/mol. The summed E-state index contributed by atoms with van der Waals surface area (Å²) in [5, 5.41) is 3.60. The molecule has 0 amide bonds. The molecule has 1 N–H and O–H groups in total. The van der Waals surface area contributed by atoms with Crippen LogP contribution in [0.3, 0.4) is 0 Å². The van der Waals surface area contributed by atoms with E-state index in [2.05, 4.69) is 28.4 Å². The molecule has 2 nitrogen and oxygen atoms in total. The first-order chi connectivity index (χ1) is 9.43. The molecule has 1 atom stereocenters. The van der Waals surface area contributed by atoms with Crippen LogP contribution in [0.4, 0.5) is 11.4 Å². The van der Waals surface area contributed by atoms with E-state index in [-0.39, 0.29) is 0 Å². The average molecular weight is 256 g/mol. The van der Waals surface area contributed by atoms with Crippen molar-refractivity contribution in [2.24, 2.45) is 0 Å². The highest BCUT2D eigenvalue weighted by atomic mass is 15.2. The van der Waals surface area contributed by atoms with E-state index < -0.39 is 0 Å². The lowest BCUT2D eigenvalue weighted by molar-refractivity contribution is 0.396. The van der Waals surface area contributed by atoms with E-state index in [0.29, 0.717) is 0 Å². The molecule has 1 aliphatic carbocycles. The van der Waals surface area contributed by atoms with Crippen LogP contribution in [0.25, 0.3) is 0 Å². The van der Waals surface area contributed by atoms with Crippen molar-refractivity contribution in [2.75, 3.05) is 23.3 Å². The number of anilines is 2. The number of nitrogens with one attached hydrogen (secondary N) is 1. The predicted molar refractivity (Wildman–Crippen MR) is 81.1 cm³/mol. The molecule has 3 aliphatic rings. The SMILES string of the molecule is c1cc2c3c(c1)N(C1CCCCC1)CCC3CCN2. The molecule has 102 valence electrons. The van der Waals surface area contributed by atoms with Gasteiger partial charge in [-0.2, -0.15) is 0 Å². The minimum absolute atomic E-state index is 0.808. The van der Waals surface area contributed by atoms with Gasteiger partial charge < -0.3 is 10.2 Å². The fourth-order valence-corrected chi connectivity index (χ4v) is 4.39. The van der Waals surface area contributed by atoms with E-state index in [1.54, 1.807) is 11.3 Å².